The van der Waals surface area contributed by atoms with E-state index in [1.54, 1.807) is 6.92 Å². The van der Waals surface area contributed by atoms with E-state index in [0.717, 1.165) is 6.08 Å². The van der Waals surface area contributed by atoms with Crippen LogP contribution >= 0.6 is 0 Å². The molecule has 0 aliphatic heterocycles. The lowest BCUT2D eigenvalue weighted by Gasteiger charge is -2.16. The van der Waals surface area contributed by atoms with Crippen molar-refractivity contribution >= 4 is 22.1 Å². The van der Waals surface area contributed by atoms with Gasteiger partial charge in [-0.05, 0) is 24.3 Å². The van der Waals surface area contributed by atoms with Crippen molar-refractivity contribution in [1.82, 2.24) is 4.31 Å². The normalized spacial score (nSPS) is 12.0. The number of benzene rings is 1. The van der Waals surface area contributed by atoms with Crippen LogP contribution < -0.4 is 4.74 Å². The van der Waals surface area contributed by atoms with Gasteiger partial charge in [0.2, 0.25) is 10.0 Å². The Balaban J connectivity index is 3.33. The molecule has 0 spiro atoms. The summed E-state index contributed by atoms with van der Waals surface area (Å²) in [6.45, 7) is 2.07. The smallest absolute Gasteiger partial charge is 0.328 e. The number of carboxylic acids is 1. The van der Waals surface area contributed by atoms with Gasteiger partial charge in [0, 0.05) is 25.2 Å². The molecule has 0 saturated carbocycles. The molecule has 0 radical (unpaired) electrons. The van der Waals surface area contributed by atoms with Crippen LogP contribution in [0.2, 0.25) is 0 Å². The van der Waals surface area contributed by atoms with Crippen molar-refractivity contribution < 1.29 is 23.1 Å². The third-order valence-corrected chi connectivity index (χ3v) is 4.69. The van der Waals surface area contributed by atoms with Crippen LogP contribution in [0.15, 0.2) is 29.2 Å². The second kappa shape index (κ2) is 6.53. The van der Waals surface area contributed by atoms with Gasteiger partial charge in [0.05, 0.1) is 12.0 Å². The largest absolute Gasteiger partial charge is 0.496 e. The predicted octanol–water partition coefficient (Wildman–Crippen LogP) is 1.43. The van der Waals surface area contributed by atoms with Crippen molar-refractivity contribution in [3.63, 3.8) is 0 Å². The molecule has 0 unspecified atom stereocenters. The number of aliphatic carboxylic acids is 1. The maximum Gasteiger partial charge on any atom is 0.328 e. The second-order valence-electron chi connectivity index (χ2n) is 3.99. The Morgan fingerprint density at radius 1 is 1.45 bits per heavy atom. The minimum absolute atomic E-state index is 0.0905. The van der Waals surface area contributed by atoms with E-state index in [4.69, 9.17) is 9.84 Å². The monoisotopic (exact) mass is 299 g/mol. The van der Waals surface area contributed by atoms with Gasteiger partial charge >= 0.3 is 5.97 Å². The molecule has 0 amide bonds. The number of sulfonamides is 1. The highest BCUT2D eigenvalue weighted by molar-refractivity contribution is 7.89. The molecule has 6 nitrogen and oxygen atoms in total. The van der Waals surface area contributed by atoms with Crippen molar-refractivity contribution in [2.45, 2.75) is 11.8 Å². The maximum absolute atomic E-state index is 12.2. The van der Waals surface area contributed by atoms with Crippen LogP contribution in [0.1, 0.15) is 12.5 Å². The van der Waals surface area contributed by atoms with Gasteiger partial charge in [-0.2, -0.15) is 0 Å². The van der Waals surface area contributed by atoms with Gasteiger partial charge in [-0.3, -0.25) is 0 Å². The highest BCUT2D eigenvalue weighted by Crippen LogP contribution is 2.25. The molecule has 0 saturated heterocycles. The fraction of sp³-hybridized carbons (Fsp3) is 0.308. The van der Waals surface area contributed by atoms with E-state index in [-0.39, 0.29) is 4.90 Å². The lowest BCUT2D eigenvalue weighted by Crippen LogP contribution is -2.26. The predicted molar refractivity (Wildman–Crippen MR) is 75.2 cm³/mol. The van der Waals surface area contributed by atoms with Crippen LogP contribution in [0.4, 0.5) is 0 Å². The van der Waals surface area contributed by atoms with E-state index >= 15 is 0 Å². The van der Waals surface area contributed by atoms with Gasteiger partial charge in [-0.25, -0.2) is 17.5 Å². The molecule has 1 aromatic carbocycles. The summed E-state index contributed by atoms with van der Waals surface area (Å²) >= 11 is 0. The molecule has 0 aliphatic rings. The average molecular weight is 299 g/mol. The van der Waals surface area contributed by atoms with E-state index < -0.39 is 16.0 Å². The minimum Gasteiger partial charge on any atom is -0.496 e. The van der Waals surface area contributed by atoms with Gasteiger partial charge in [0.15, 0.2) is 0 Å². The van der Waals surface area contributed by atoms with E-state index in [0.29, 0.717) is 17.9 Å². The highest BCUT2D eigenvalue weighted by Gasteiger charge is 2.20. The SMILES string of the molecule is CCN(C)S(=O)(=O)c1ccc(OC)c(C=CC(=O)O)c1. The summed E-state index contributed by atoms with van der Waals surface area (Å²) in [4.78, 5) is 10.6. The molecule has 0 heterocycles. The third kappa shape index (κ3) is 3.58. The lowest BCUT2D eigenvalue weighted by molar-refractivity contribution is -0.131. The molecule has 0 aromatic heterocycles. The molecular formula is C13H17NO5S. The van der Waals surface area contributed by atoms with Gasteiger partial charge in [-0.1, -0.05) is 6.92 Å². The molecule has 0 fully saturated rings. The number of carboxylic acid groups (broad SMARTS) is 1. The van der Waals surface area contributed by atoms with Crippen molar-refractivity contribution in [3.05, 3.63) is 29.8 Å². The molecule has 20 heavy (non-hydrogen) atoms. The average Bonchev–Trinajstić information content (AvgIpc) is 2.43. The number of ether oxygens (including phenoxy) is 1. The Hall–Kier alpha value is -1.86. The molecule has 1 rings (SSSR count). The standard InChI is InChI=1S/C13H17NO5S/c1-4-14(2)20(17,18)11-6-7-12(19-3)10(9-11)5-8-13(15)16/h5-9H,4H2,1-3H3,(H,15,16). The minimum atomic E-state index is -3.58. The zero-order valence-corrected chi connectivity index (χ0v) is 12.3. The van der Waals surface area contributed by atoms with Crippen LogP contribution in [0.3, 0.4) is 0 Å². The molecule has 0 atom stereocenters. The van der Waals surface area contributed by atoms with Crippen LogP contribution in [-0.4, -0.2) is 44.5 Å². The number of hydrogen-bond acceptors (Lipinski definition) is 4. The van der Waals surface area contributed by atoms with Gasteiger partial charge in [0.1, 0.15) is 5.75 Å². The summed E-state index contributed by atoms with van der Waals surface area (Å²) in [7, 11) is -0.670. The zero-order chi connectivity index (χ0) is 15.3. The molecule has 0 bridgehead atoms. The van der Waals surface area contributed by atoms with Gasteiger partial charge < -0.3 is 9.84 Å². The van der Waals surface area contributed by atoms with Crippen LogP contribution in [-0.2, 0) is 14.8 Å². The van der Waals surface area contributed by atoms with E-state index in [2.05, 4.69) is 0 Å². The van der Waals surface area contributed by atoms with E-state index in [9.17, 15) is 13.2 Å². The Bertz CT molecular complexity index is 622. The lowest BCUT2D eigenvalue weighted by atomic mass is 10.2. The molecule has 0 aliphatic carbocycles. The first-order valence-corrected chi connectivity index (χ1v) is 7.32. The number of rotatable bonds is 6. The number of methoxy groups -OCH3 is 1. The summed E-state index contributed by atoms with van der Waals surface area (Å²) in [5.74, 6) is -0.716. The summed E-state index contributed by atoms with van der Waals surface area (Å²) in [6.07, 6.45) is 2.23. The molecule has 7 heteroatoms. The van der Waals surface area contributed by atoms with Crippen molar-refractivity contribution in [2.75, 3.05) is 20.7 Å². The fourth-order valence-corrected chi connectivity index (χ4v) is 2.73. The Kier molecular flexibility index (Phi) is 5.29. The summed E-state index contributed by atoms with van der Waals surface area (Å²) in [6, 6.07) is 4.32. The van der Waals surface area contributed by atoms with Crippen molar-refractivity contribution in [3.8, 4) is 5.75 Å². The topological polar surface area (TPSA) is 83.9 Å². The molecule has 1 N–H and O–H groups in total. The number of nitrogens with zero attached hydrogens (tertiary/aromatic N) is 1. The first-order chi connectivity index (χ1) is 9.32. The van der Waals surface area contributed by atoms with E-state index in [1.165, 1.54) is 42.7 Å². The quantitative estimate of drug-likeness (QED) is 0.803. The van der Waals surface area contributed by atoms with Crippen molar-refractivity contribution in [2.24, 2.45) is 0 Å². The summed E-state index contributed by atoms with van der Waals surface area (Å²) in [5, 5.41) is 8.64. The number of hydrogen-bond donors (Lipinski definition) is 1. The Morgan fingerprint density at radius 3 is 2.60 bits per heavy atom. The molecule has 110 valence electrons. The first-order valence-electron chi connectivity index (χ1n) is 5.88. The van der Waals surface area contributed by atoms with Gasteiger partial charge in [0.25, 0.3) is 0 Å². The van der Waals surface area contributed by atoms with E-state index in [1.807, 2.05) is 0 Å². The zero-order valence-electron chi connectivity index (χ0n) is 11.5. The summed E-state index contributed by atoms with van der Waals surface area (Å²) in [5.41, 5.74) is 0.389. The van der Waals surface area contributed by atoms with Crippen LogP contribution in [0.5, 0.6) is 5.75 Å². The van der Waals surface area contributed by atoms with Crippen molar-refractivity contribution in [1.29, 1.82) is 0 Å². The Morgan fingerprint density at radius 2 is 2.10 bits per heavy atom. The number of carbonyl (C=O) groups is 1. The van der Waals surface area contributed by atoms with Crippen LogP contribution in [0, 0.1) is 0 Å². The van der Waals surface area contributed by atoms with Crippen LogP contribution in [0.25, 0.3) is 6.08 Å². The summed E-state index contributed by atoms with van der Waals surface area (Å²) < 4.78 is 30.7. The van der Waals surface area contributed by atoms with Gasteiger partial charge in [-0.15, -0.1) is 0 Å². The Labute approximate surface area is 118 Å². The highest BCUT2D eigenvalue weighted by atomic mass is 32.2. The maximum atomic E-state index is 12.2. The fourth-order valence-electron chi connectivity index (χ4n) is 1.51. The first kappa shape index (κ1) is 16.2. The third-order valence-electron chi connectivity index (χ3n) is 2.76. The molecule has 1 aromatic rings. The second-order valence-corrected chi connectivity index (χ2v) is 6.04. The molecular weight excluding hydrogens is 282 g/mol.